The maximum absolute atomic E-state index is 11.8. The first-order chi connectivity index (χ1) is 7.94. The Morgan fingerprint density at radius 2 is 2.29 bits per heavy atom. The summed E-state index contributed by atoms with van der Waals surface area (Å²) in [6.07, 6.45) is 3.27. The second kappa shape index (κ2) is 6.12. The van der Waals surface area contributed by atoms with Crippen molar-refractivity contribution in [1.82, 2.24) is 10.3 Å². The van der Waals surface area contributed by atoms with Crippen LogP contribution in [0.15, 0.2) is 6.20 Å². The van der Waals surface area contributed by atoms with Gasteiger partial charge in [-0.3, -0.25) is 4.79 Å². The van der Waals surface area contributed by atoms with Crippen molar-refractivity contribution in [3.05, 3.63) is 16.1 Å². The number of hydrogen-bond acceptors (Lipinski definition) is 4. The number of aryl methyl sites for hydroxylation is 1. The second-order valence-corrected chi connectivity index (χ2v) is 6.15. The SMILES string of the molecule is Cc1ncc(C(=O)NCC(C)(C)CCCO)s1. The number of thiazole rings is 1. The van der Waals surface area contributed by atoms with Crippen LogP contribution in [0, 0.1) is 12.3 Å². The summed E-state index contributed by atoms with van der Waals surface area (Å²) >= 11 is 1.40. The molecule has 0 bridgehead atoms. The van der Waals surface area contributed by atoms with Gasteiger partial charge in [-0.05, 0) is 25.2 Å². The van der Waals surface area contributed by atoms with Crippen LogP contribution in [0.25, 0.3) is 0 Å². The van der Waals surface area contributed by atoms with Gasteiger partial charge in [-0.1, -0.05) is 13.8 Å². The Hall–Kier alpha value is -0.940. The molecule has 0 aliphatic carbocycles. The van der Waals surface area contributed by atoms with Crippen LogP contribution in [0.1, 0.15) is 41.4 Å². The Kier molecular flexibility index (Phi) is 5.08. The van der Waals surface area contributed by atoms with E-state index in [1.165, 1.54) is 11.3 Å². The molecule has 0 aliphatic heterocycles. The predicted octanol–water partition coefficient (Wildman–Crippen LogP) is 1.98. The van der Waals surface area contributed by atoms with E-state index in [1.807, 2.05) is 6.92 Å². The van der Waals surface area contributed by atoms with Crippen molar-refractivity contribution in [1.29, 1.82) is 0 Å². The van der Waals surface area contributed by atoms with Crippen molar-refractivity contribution < 1.29 is 9.90 Å². The van der Waals surface area contributed by atoms with Gasteiger partial charge in [-0.2, -0.15) is 0 Å². The number of nitrogens with one attached hydrogen (secondary N) is 1. The molecular formula is C12H20N2O2S. The number of nitrogens with zero attached hydrogens (tertiary/aromatic N) is 1. The molecule has 0 aliphatic rings. The number of hydrogen-bond donors (Lipinski definition) is 2. The normalized spacial score (nSPS) is 11.5. The van der Waals surface area contributed by atoms with Crippen molar-refractivity contribution in [3.8, 4) is 0 Å². The van der Waals surface area contributed by atoms with E-state index in [2.05, 4.69) is 24.1 Å². The molecule has 0 unspecified atom stereocenters. The second-order valence-electron chi connectivity index (χ2n) is 4.92. The van der Waals surface area contributed by atoms with Crippen LogP contribution < -0.4 is 5.32 Å². The van der Waals surface area contributed by atoms with E-state index in [9.17, 15) is 4.79 Å². The topological polar surface area (TPSA) is 62.2 Å². The maximum atomic E-state index is 11.8. The van der Waals surface area contributed by atoms with E-state index in [1.54, 1.807) is 6.20 Å². The summed E-state index contributed by atoms with van der Waals surface area (Å²) in [6.45, 7) is 6.86. The summed E-state index contributed by atoms with van der Waals surface area (Å²) in [5.41, 5.74) is 0.0120. The Morgan fingerprint density at radius 3 is 2.82 bits per heavy atom. The molecule has 0 spiro atoms. The fourth-order valence-electron chi connectivity index (χ4n) is 1.52. The van der Waals surface area contributed by atoms with Gasteiger partial charge >= 0.3 is 0 Å². The number of aliphatic hydroxyl groups excluding tert-OH is 1. The maximum Gasteiger partial charge on any atom is 0.263 e. The van der Waals surface area contributed by atoms with Gasteiger partial charge in [0.05, 0.1) is 11.2 Å². The first-order valence-electron chi connectivity index (χ1n) is 5.76. The number of carbonyl (C=O) groups is 1. The third-order valence-electron chi connectivity index (χ3n) is 2.58. The highest BCUT2D eigenvalue weighted by Crippen LogP contribution is 2.21. The van der Waals surface area contributed by atoms with E-state index in [-0.39, 0.29) is 17.9 Å². The lowest BCUT2D eigenvalue weighted by atomic mass is 9.88. The van der Waals surface area contributed by atoms with Crippen molar-refractivity contribution in [3.63, 3.8) is 0 Å². The van der Waals surface area contributed by atoms with E-state index in [0.29, 0.717) is 11.4 Å². The number of amides is 1. The smallest absolute Gasteiger partial charge is 0.263 e. The lowest BCUT2D eigenvalue weighted by molar-refractivity contribution is 0.0937. The summed E-state index contributed by atoms with van der Waals surface area (Å²) in [6, 6.07) is 0. The van der Waals surface area contributed by atoms with Gasteiger partial charge in [0.1, 0.15) is 4.88 Å². The molecule has 4 nitrogen and oxygen atoms in total. The highest BCUT2D eigenvalue weighted by atomic mass is 32.1. The van der Waals surface area contributed by atoms with Crippen molar-refractivity contribution >= 4 is 17.2 Å². The van der Waals surface area contributed by atoms with Crippen molar-refractivity contribution in [2.45, 2.75) is 33.6 Å². The zero-order valence-corrected chi connectivity index (χ0v) is 11.4. The third-order valence-corrected chi connectivity index (χ3v) is 3.50. The van der Waals surface area contributed by atoms with Crippen LogP contribution >= 0.6 is 11.3 Å². The molecule has 17 heavy (non-hydrogen) atoms. The molecule has 0 radical (unpaired) electrons. The van der Waals surface area contributed by atoms with Crippen LogP contribution in [0.3, 0.4) is 0 Å². The lowest BCUT2D eigenvalue weighted by Crippen LogP contribution is -2.33. The Bertz CT molecular complexity index is 374. The lowest BCUT2D eigenvalue weighted by Gasteiger charge is -2.24. The molecule has 1 amide bonds. The summed E-state index contributed by atoms with van der Waals surface area (Å²) in [5.74, 6) is -0.0623. The largest absolute Gasteiger partial charge is 0.396 e. The van der Waals surface area contributed by atoms with E-state index >= 15 is 0 Å². The van der Waals surface area contributed by atoms with E-state index < -0.39 is 0 Å². The Morgan fingerprint density at radius 1 is 1.59 bits per heavy atom. The quantitative estimate of drug-likeness (QED) is 0.818. The van der Waals surface area contributed by atoms with Gasteiger partial charge in [0.25, 0.3) is 5.91 Å². The molecule has 1 rings (SSSR count). The third kappa shape index (κ3) is 4.83. The van der Waals surface area contributed by atoms with Crippen LogP contribution in [-0.4, -0.2) is 29.1 Å². The Labute approximate surface area is 106 Å². The molecular weight excluding hydrogens is 236 g/mol. The van der Waals surface area contributed by atoms with E-state index in [0.717, 1.165) is 17.8 Å². The first kappa shape index (κ1) is 14.1. The van der Waals surface area contributed by atoms with Gasteiger partial charge in [0, 0.05) is 13.2 Å². The molecule has 0 saturated carbocycles. The molecule has 0 saturated heterocycles. The molecule has 1 aromatic heterocycles. The average Bonchev–Trinajstić information content (AvgIpc) is 2.70. The monoisotopic (exact) mass is 256 g/mol. The van der Waals surface area contributed by atoms with Crippen molar-refractivity contribution in [2.24, 2.45) is 5.41 Å². The van der Waals surface area contributed by atoms with Crippen LogP contribution in [0.2, 0.25) is 0 Å². The van der Waals surface area contributed by atoms with E-state index in [4.69, 9.17) is 5.11 Å². The summed E-state index contributed by atoms with van der Waals surface area (Å²) in [7, 11) is 0. The zero-order valence-electron chi connectivity index (χ0n) is 10.6. The molecule has 1 aromatic rings. The highest BCUT2D eigenvalue weighted by Gasteiger charge is 2.19. The fraction of sp³-hybridized carbons (Fsp3) is 0.667. The summed E-state index contributed by atoms with van der Waals surface area (Å²) < 4.78 is 0. The minimum absolute atomic E-state index is 0.0120. The first-order valence-corrected chi connectivity index (χ1v) is 6.58. The van der Waals surface area contributed by atoms with Crippen LogP contribution in [-0.2, 0) is 0 Å². The minimum atomic E-state index is -0.0623. The number of rotatable bonds is 6. The molecule has 0 fully saturated rings. The van der Waals surface area contributed by atoms with Crippen molar-refractivity contribution in [2.75, 3.05) is 13.2 Å². The summed E-state index contributed by atoms with van der Waals surface area (Å²) in [5, 5.41) is 12.6. The fourth-order valence-corrected chi connectivity index (χ4v) is 2.21. The highest BCUT2D eigenvalue weighted by molar-refractivity contribution is 7.13. The molecule has 5 heteroatoms. The zero-order chi connectivity index (χ0) is 12.9. The Balaban J connectivity index is 2.42. The van der Waals surface area contributed by atoms with Gasteiger partial charge < -0.3 is 10.4 Å². The molecule has 0 atom stereocenters. The van der Waals surface area contributed by atoms with Gasteiger partial charge in [-0.25, -0.2) is 4.98 Å². The molecule has 2 N–H and O–H groups in total. The number of aromatic nitrogens is 1. The van der Waals surface area contributed by atoms with Crippen LogP contribution in [0.4, 0.5) is 0 Å². The van der Waals surface area contributed by atoms with Gasteiger partial charge in [-0.15, -0.1) is 11.3 Å². The van der Waals surface area contributed by atoms with Crippen LogP contribution in [0.5, 0.6) is 0 Å². The number of aliphatic hydroxyl groups is 1. The standard InChI is InChI=1S/C12H20N2O2S/c1-9-13-7-10(17-9)11(16)14-8-12(2,3)5-4-6-15/h7,15H,4-6,8H2,1-3H3,(H,14,16). The van der Waals surface area contributed by atoms with Gasteiger partial charge in [0.15, 0.2) is 0 Å². The molecule has 1 heterocycles. The molecule has 0 aromatic carbocycles. The molecule has 96 valence electrons. The minimum Gasteiger partial charge on any atom is -0.396 e. The number of carbonyl (C=O) groups excluding carboxylic acids is 1. The average molecular weight is 256 g/mol. The summed E-state index contributed by atoms with van der Waals surface area (Å²) in [4.78, 5) is 16.5. The van der Waals surface area contributed by atoms with Gasteiger partial charge in [0.2, 0.25) is 0 Å². The predicted molar refractivity (Wildman–Crippen MR) is 69.3 cm³/mol.